The topological polar surface area (TPSA) is 26.0 Å². The summed E-state index contributed by atoms with van der Waals surface area (Å²) in [5.41, 5.74) is 0.710. The highest BCUT2D eigenvalue weighted by molar-refractivity contribution is 9.13. The van der Waals surface area contributed by atoms with Gasteiger partial charge in [0.15, 0.2) is 5.58 Å². The third kappa shape index (κ3) is 1.18. The second-order valence-electron chi connectivity index (χ2n) is 2.17. The molecule has 5 heteroatoms. The summed E-state index contributed by atoms with van der Waals surface area (Å²) in [5.74, 6) is 0. The number of hydrogen-bond donors (Lipinski definition) is 0. The molecule has 0 saturated heterocycles. The maximum atomic E-state index is 5.85. The van der Waals surface area contributed by atoms with Crippen molar-refractivity contribution in [2.45, 2.75) is 0 Å². The van der Waals surface area contributed by atoms with Crippen LogP contribution in [-0.2, 0) is 0 Å². The van der Waals surface area contributed by atoms with Gasteiger partial charge in [-0.15, -0.1) is 0 Å². The summed E-state index contributed by atoms with van der Waals surface area (Å²) in [6, 6.07) is 1.78. The van der Waals surface area contributed by atoms with E-state index in [1.165, 1.54) is 0 Å². The van der Waals surface area contributed by atoms with Gasteiger partial charge in [-0.25, -0.2) is 4.98 Å². The Balaban J connectivity index is 2.97. The summed E-state index contributed by atoms with van der Waals surface area (Å²) < 4.78 is 6.64. The first-order valence-electron chi connectivity index (χ1n) is 3.08. The lowest BCUT2D eigenvalue weighted by atomic mass is 10.3. The van der Waals surface area contributed by atoms with Crippen LogP contribution < -0.4 is 0 Å². The van der Waals surface area contributed by atoms with E-state index in [-0.39, 0.29) is 0 Å². The number of halogens is 3. The molecule has 0 aliphatic rings. The fourth-order valence-corrected chi connectivity index (χ4v) is 2.02. The average molecular weight is 311 g/mol. The maximum Gasteiger partial charge on any atom is 0.153 e. The molecule has 62 valence electrons. The zero-order valence-electron chi connectivity index (χ0n) is 5.64. The van der Waals surface area contributed by atoms with Gasteiger partial charge in [0.25, 0.3) is 0 Å². The van der Waals surface area contributed by atoms with Gasteiger partial charge in [-0.3, -0.25) is 0 Å². The quantitative estimate of drug-likeness (QED) is 0.687. The third-order valence-electron chi connectivity index (χ3n) is 1.46. The van der Waals surface area contributed by atoms with Crippen LogP contribution in [0.5, 0.6) is 0 Å². The zero-order valence-corrected chi connectivity index (χ0v) is 9.57. The number of rotatable bonds is 0. The van der Waals surface area contributed by atoms with Crippen LogP contribution in [0, 0.1) is 0 Å². The van der Waals surface area contributed by atoms with E-state index in [4.69, 9.17) is 16.0 Å². The highest BCUT2D eigenvalue weighted by Crippen LogP contribution is 2.34. The van der Waals surface area contributed by atoms with Crippen molar-refractivity contribution in [1.82, 2.24) is 4.98 Å². The number of nitrogens with zero attached hydrogens (tertiary/aromatic N) is 1. The molecule has 0 spiro atoms. The van der Waals surface area contributed by atoms with Gasteiger partial charge in [-0.2, -0.15) is 0 Å². The molecule has 2 rings (SSSR count). The van der Waals surface area contributed by atoms with Crippen LogP contribution in [-0.4, -0.2) is 4.98 Å². The van der Waals surface area contributed by atoms with Crippen LogP contribution in [0.25, 0.3) is 11.0 Å². The molecular formula is C7H2Br2ClNO. The Bertz CT molecular complexity index is 440. The van der Waals surface area contributed by atoms with Crippen LogP contribution >= 0.6 is 43.5 Å². The molecule has 0 unspecified atom stereocenters. The predicted octanol–water partition coefficient (Wildman–Crippen LogP) is 4.01. The van der Waals surface area contributed by atoms with Crippen molar-refractivity contribution in [1.29, 1.82) is 0 Å². The molecule has 0 fully saturated rings. The van der Waals surface area contributed by atoms with Crippen molar-refractivity contribution in [3.8, 4) is 0 Å². The van der Waals surface area contributed by atoms with Crippen molar-refractivity contribution in [2.24, 2.45) is 0 Å². The van der Waals surface area contributed by atoms with Gasteiger partial charge in [-0.1, -0.05) is 11.6 Å². The van der Waals surface area contributed by atoms with Crippen LogP contribution in [0.4, 0.5) is 0 Å². The minimum Gasteiger partial charge on any atom is -0.463 e. The van der Waals surface area contributed by atoms with Crippen molar-refractivity contribution < 1.29 is 4.42 Å². The maximum absolute atomic E-state index is 5.85. The largest absolute Gasteiger partial charge is 0.463 e. The molecule has 2 aromatic rings. The molecule has 0 aliphatic heterocycles. The molecule has 0 saturated carbocycles. The Morgan fingerprint density at radius 1 is 1.42 bits per heavy atom. The van der Waals surface area contributed by atoms with Gasteiger partial charge in [0.2, 0.25) is 0 Å². The van der Waals surface area contributed by atoms with E-state index in [9.17, 15) is 0 Å². The number of hydrogen-bond acceptors (Lipinski definition) is 2. The van der Waals surface area contributed by atoms with Gasteiger partial charge in [0.1, 0.15) is 9.76 Å². The van der Waals surface area contributed by atoms with Gasteiger partial charge in [0, 0.05) is 0 Å². The molecule has 0 radical (unpaired) electrons. The monoisotopic (exact) mass is 309 g/mol. The third-order valence-corrected chi connectivity index (χ3v) is 3.59. The standard InChI is InChI=1S/C7H2Br2ClNO/c8-4-5-3(1-2-12-5)7(10)11-6(4)9/h1-2H. The Morgan fingerprint density at radius 3 is 2.92 bits per heavy atom. The minimum atomic E-state index is 0.439. The second-order valence-corrected chi connectivity index (χ2v) is 4.07. The van der Waals surface area contributed by atoms with Crippen molar-refractivity contribution in [3.63, 3.8) is 0 Å². The predicted molar refractivity (Wildman–Crippen MR) is 54.4 cm³/mol. The molecule has 2 aromatic heterocycles. The number of aromatic nitrogens is 1. The first kappa shape index (κ1) is 8.53. The fraction of sp³-hybridized carbons (Fsp3) is 0. The molecule has 0 aromatic carbocycles. The Morgan fingerprint density at radius 2 is 2.17 bits per heavy atom. The molecule has 2 nitrogen and oxygen atoms in total. The summed E-state index contributed by atoms with van der Waals surface area (Å²) in [7, 11) is 0. The van der Waals surface area contributed by atoms with Crippen molar-refractivity contribution >= 4 is 54.4 Å². The molecule has 0 N–H and O–H groups in total. The minimum absolute atomic E-state index is 0.439. The molecular weight excluding hydrogens is 309 g/mol. The molecule has 0 amide bonds. The lowest BCUT2D eigenvalue weighted by Gasteiger charge is -1.97. The van der Waals surface area contributed by atoms with Crippen molar-refractivity contribution in [2.75, 3.05) is 0 Å². The van der Waals surface area contributed by atoms with E-state index < -0.39 is 0 Å². The molecule has 0 atom stereocenters. The van der Waals surface area contributed by atoms with E-state index >= 15 is 0 Å². The molecule has 12 heavy (non-hydrogen) atoms. The highest BCUT2D eigenvalue weighted by Gasteiger charge is 2.10. The van der Waals surface area contributed by atoms with E-state index in [1.807, 2.05) is 0 Å². The number of furan rings is 1. The summed E-state index contributed by atoms with van der Waals surface area (Å²) >= 11 is 12.4. The second kappa shape index (κ2) is 3.01. The van der Waals surface area contributed by atoms with Crippen LogP contribution in [0.1, 0.15) is 0 Å². The first-order valence-corrected chi connectivity index (χ1v) is 5.04. The van der Waals surface area contributed by atoms with Gasteiger partial charge >= 0.3 is 0 Å². The van der Waals surface area contributed by atoms with Gasteiger partial charge < -0.3 is 4.42 Å². The highest BCUT2D eigenvalue weighted by atomic mass is 79.9. The lowest BCUT2D eigenvalue weighted by molar-refractivity contribution is 0.613. The van der Waals surface area contributed by atoms with Crippen LogP contribution in [0.3, 0.4) is 0 Å². The zero-order chi connectivity index (χ0) is 8.72. The molecule has 0 aliphatic carbocycles. The summed E-state index contributed by atoms with van der Waals surface area (Å²) in [5, 5.41) is 1.25. The number of pyridine rings is 1. The Kier molecular flexibility index (Phi) is 2.14. The summed E-state index contributed by atoms with van der Waals surface area (Å²) in [6.45, 7) is 0. The average Bonchev–Trinajstić information content (AvgIpc) is 2.48. The van der Waals surface area contributed by atoms with E-state index in [0.29, 0.717) is 15.3 Å². The lowest BCUT2D eigenvalue weighted by Crippen LogP contribution is -1.80. The number of fused-ring (bicyclic) bond motifs is 1. The van der Waals surface area contributed by atoms with Crippen molar-refractivity contribution in [3.05, 3.63) is 26.6 Å². The van der Waals surface area contributed by atoms with Gasteiger partial charge in [0.05, 0.1) is 16.1 Å². The van der Waals surface area contributed by atoms with Crippen LogP contribution in [0.2, 0.25) is 5.15 Å². The van der Waals surface area contributed by atoms with E-state index in [1.54, 1.807) is 12.3 Å². The van der Waals surface area contributed by atoms with Crippen LogP contribution in [0.15, 0.2) is 25.8 Å². The first-order chi connectivity index (χ1) is 5.70. The van der Waals surface area contributed by atoms with E-state index in [0.717, 1.165) is 9.86 Å². The van der Waals surface area contributed by atoms with Gasteiger partial charge in [-0.05, 0) is 37.9 Å². The molecule has 2 heterocycles. The smallest absolute Gasteiger partial charge is 0.153 e. The normalized spacial score (nSPS) is 10.9. The molecule has 0 bridgehead atoms. The SMILES string of the molecule is Clc1nc(Br)c(Br)c2occc12. The Hall–Kier alpha value is -0.0600. The van der Waals surface area contributed by atoms with E-state index in [2.05, 4.69) is 36.8 Å². The summed E-state index contributed by atoms with van der Waals surface area (Å²) in [4.78, 5) is 4.05. The Labute approximate surface area is 90.2 Å². The summed E-state index contributed by atoms with van der Waals surface area (Å²) in [6.07, 6.45) is 1.58. The fourth-order valence-electron chi connectivity index (χ4n) is 0.931.